The van der Waals surface area contributed by atoms with E-state index >= 15 is 0 Å². The van der Waals surface area contributed by atoms with Gasteiger partial charge in [0.2, 0.25) is 0 Å². The lowest BCUT2D eigenvalue weighted by atomic mass is 10.1. The van der Waals surface area contributed by atoms with Gasteiger partial charge in [-0.3, -0.25) is 0 Å². The van der Waals surface area contributed by atoms with Gasteiger partial charge >= 0.3 is 0 Å². The van der Waals surface area contributed by atoms with E-state index in [1.54, 1.807) is 18.4 Å². The maximum absolute atomic E-state index is 9.87. The summed E-state index contributed by atoms with van der Waals surface area (Å²) < 4.78 is 6.27. The highest BCUT2D eigenvalue weighted by atomic mass is 79.9. The smallest absolute Gasteiger partial charge is 0.0850 e. The number of hydrogen-bond donors (Lipinski definition) is 1. The summed E-state index contributed by atoms with van der Waals surface area (Å²) in [6.07, 6.45) is 1.01. The molecule has 2 unspecified atom stereocenters. The molecule has 0 fully saturated rings. The Morgan fingerprint density at radius 2 is 2.36 bits per heavy atom. The quantitative estimate of drug-likeness (QED) is 0.898. The summed E-state index contributed by atoms with van der Waals surface area (Å²) >= 11 is 5.10. The van der Waals surface area contributed by atoms with E-state index in [2.05, 4.69) is 15.9 Å². The molecule has 0 bridgehead atoms. The van der Waals surface area contributed by atoms with Gasteiger partial charge in [0, 0.05) is 22.9 Å². The molecule has 4 heteroatoms. The number of rotatable bonds is 5. The van der Waals surface area contributed by atoms with Gasteiger partial charge in [-0.2, -0.15) is 0 Å². The van der Waals surface area contributed by atoms with Crippen LogP contribution in [0.5, 0.6) is 0 Å². The molecule has 80 valence electrons. The number of halogens is 1. The number of hydrogen-bond acceptors (Lipinski definition) is 3. The van der Waals surface area contributed by atoms with Crippen molar-refractivity contribution in [1.29, 1.82) is 0 Å². The average Bonchev–Trinajstić information content (AvgIpc) is 2.54. The van der Waals surface area contributed by atoms with E-state index in [0.717, 1.165) is 10.9 Å². The molecule has 0 aliphatic heterocycles. The van der Waals surface area contributed by atoms with Gasteiger partial charge < -0.3 is 9.84 Å². The van der Waals surface area contributed by atoms with Gasteiger partial charge in [-0.1, -0.05) is 6.92 Å². The van der Waals surface area contributed by atoms with Crippen LogP contribution in [0, 0.1) is 0 Å². The van der Waals surface area contributed by atoms with Gasteiger partial charge in [-0.25, -0.2) is 0 Å². The van der Waals surface area contributed by atoms with Crippen molar-refractivity contribution in [2.75, 3.05) is 7.11 Å². The Morgan fingerprint density at radius 3 is 2.79 bits per heavy atom. The van der Waals surface area contributed by atoms with Gasteiger partial charge in [0.15, 0.2) is 0 Å². The zero-order valence-corrected chi connectivity index (χ0v) is 10.8. The van der Waals surface area contributed by atoms with Crippen LogP contribution in [-0.2, 0) is 11.2 Å². The zero-order valence-electron chi connectivity index (χ0n) is 8.37. The summed E-state index contributed by atoms with van der Waals surface area (Å²) in [6.45, 7) is 2.01. The first kappa shape index (κ1) is 12.2. The van der Waals surface area contributed by atoms with E-state index in [9.17, 15) is 5.11 Å². The van der Waals surface area contributed by atoms with Crippen molar-refractivity contribution in [3.8, 4) is 0 Å². The van der Waals surface area contributed by atoms with Crippen molar-refractivity contribution in [3.05, 3.63) is 20.8 Å². The van der Waals surface area contributed by atoms with Crippen molar-refractivity contribution in [1.82, 2.24) is 0 Å². The minimum Gasteiger partial charge on any atom is -0.390 e. The predicted octanol–water partition coefficient (Wildman–Crippen LogP) is 2.84. The molecule has 1 N–H and O–H groups in total. The first-order valence-corrected chi connectivity index (χ1v) is 6.29. The second kappa shape index (κ2) is 5.85. The Balaban J connectivity index is 2.56. The van der Waals surface area contributed by atoms with Crippen LogP contribution in [0.1, 0.15) is 18.2 Å². The fraction of sp³-hybridized carbons (Fsp3) is 0.600. The number of aliphatic hydroxyl groups is 1. The van der Waals surface area contributed by atoms with Crippen LogP contribution in [0.2, 0.25) is 0 Å². The van der Waals surface area contributed by atoms with Crippen LogP contribution in [0.15, 0.2) is 15.9 Å². The van der Waals surface area contributed by atoms with E-state index in [1.807, 2.05) is 18.4 Å². The number of methoxy groups -OCH3 is 1. The first-order valence-electron chi connectivity index (χ1n) is 4.61. The third-order valence-corrected chi connectivity index (χ3v) is 4.17. The molecule has 0 saturated carbocycles. The third kappa shape index (κ3) is 3.05. The van der Waals surface area contributed by atoms with Crippen molar-refractivity contribution in [3.63, 3.8) is 0 Å². The monoisotopic (exact) mass is 278 g/mol. The van der Waals surface area contributed by atoms with Gasteiger partial charge in [0.1, 0.15) is 0 Å². The molecular weight excluding hydrogens is 264 g/mol. The maximum atomic E-state index is 9.87. The minimum atomic E-state index is -0.417. The second-order valence-electron chi connectivity index (χ2n) is 3.15. The molecule has 1 aromatic rings. The van der Waals surface area contributed by atoms with Crippen molar-refractivity contribution >= 4 is 27.3 Å². The van der Waals surface area contributed by atoms with Crippen LogP contribution in [0.3, 0.4) is 0 Å². The predicted molar refractivity (Wildman–Crippen MR) is 62.8 cm³/mol. The molecule has 0 amide bonds. The molecule has 1 aromatic heterocycles. The summed E-state index contributed by atoms with van der Waals surface area (Å²) in [6, 6.07) is 2.00. The van der Waals surface area contributed by atoms with Crippen LogP contribution < -0.4 is 0 Å². The van der Waals surface area contributed by atoms with E-state index in [-0.39, 0.29) is 6.10 Å². The molecule has 0 aromatic carbocycles. The van der Waals surface area contributed by atoms with Crippen LogP contribution >= 0.6 is 27.3 Å². The standard InChI is InChI=1S/C10H15BrO2S/c1-3-9(13-2)8(12)6-10-7(11)4-5-14-10/h4-5,8-9,12H,3,6H2,1-2H3. The molecular formula is C10H15BrO2S. The van der Waals surface area contributed by atoms with Crippen molar-refractivity contribution in [2.45, 2.75) is 32.0 Å². The lowest BCUT2D eigenvalue weighted by Crippen LogP contribution is -2.29. The van der Waals surface area contributed by atoms with Gasteiger partial charge in [-0.15, -0.1) is 11.3 Å². The Labute approximate surface area is 97.0 Å². The lowest BCUT2D eigenvalue weighted by Gasteiger charge is -2.19. The molecule has 1 heterocycles. The van der Waals surface area contributed by atoms with Crippen LogP contribution in [0.25, 0.3) is 0 Å². The molecule has 2 atom stereocenters. The Morgan fingerprint density at radius 1 is 1.64 bits per heavy atom. The molecule has 0 saturated heterocycles. The molecule has 2 nitrogen and oxygen atoms in total. The minimum absolute atomic E-state index is 0.0657. The summed E-state index contributed by atoms with van der Waals surface area (Å²) in [5, 5.41) is 11.9. The third-order valence-electron chi connectivity index (χ3n) is 2.22. The first-order chi connectivity index (χ1) is 6.69. The topological polar surface area (TPSA) is 29.5 Å². The summed E-state index contributed by atoms with van der Waals surface area (Å²) in [4.78, 5) is 1.17. The van der Waals surface area contributed by atoms with Gasteiger partial charge in [-0.05, 0) is 33.8 Å². The fourth-order valence-corrected chi connectivity index (χ4v) is 2.95. The van der Waals surface area contributed by atoms with Crippen LogP contribution in [-0.4, -0.2) is 24.4 Å². The van der Waals surface area contributed by atoms with Crippen molar-refractivity contribution in [2.24, 2.45) is 0 Å². The summed E-state index contributed by atoms with van der Waals surface area (Å²) in [7, 11) is 1.64. The number of aliphatic hydroxyl groups excluding tert-OH is 1. The van der Waals surface area contributed by atoms with Gasteiger partial charge in [0.05, 0.1) is 12.2 Å². The highest BCUT2D eigenvalue weighted by Gasteiger charge is 2.18. The Bertz CT molecular complexity index is 271. The highest BCUT2D eigenvalue weighted by Crippen LogP contribution is 2.25. The van der Waals surface area contributed by atoms with Gasteiger partial charge in [0.25, 0.3) is 0 Å². The molecule has 1 rings (SSSR count). The molecule has 14 heavy (non-hydrogen) atoms. The van der Waals surface area contributed by atoms with E-state index in [1.165, 1.54) is 4.88 Å². The molecule has 0 radical (unpaired) electrons. The van der Waals surface area contributed by atoms with E-state index < -0.39 is 6.10 Å². The maximum Gasteiger partial charge on any atom is 0.0850 e. The Kier molecular flexibility index (Phi) is 5.09. The largest absolute Gasteiger partial charge is 0.390 e. The summed E-state index contributed by atoms with van der Waals surface area (Å²) in [5.41, 5.74) is 0. The lowest BCUT2D eigenvalue weighted by molar-refractivity contribution is -0.0125. The molecule has 0 aliphatic carbocycles. The van der Waals surface area contributed by atoms with Crippen LogP contribution in [0.4, 0.5) is 0 Å². The van der Waals surface area contributed by atoms with Crippen molar-refractivity contribution < 1.29 is 9.84 Å². The molecule has 0 aliphatic rings. The second-order valence-corrected chi connectivity index (χ2v) is 5.00. The van der Waals surface area contributed by atoms with E-state index in [0.29, 0.717) is 6.42 Å². The SMILES string of the molecule is CCC(OC)C(O)Cc1sccc1Br. The number of ether oxygens (including phenoxy) is 1. The summed E-state index contributed by atoms with van der Waals surface area (Å²) in [5.74, 6) is 0. The average molecular weight is 279 g/mol. The normalized spacial score (nSPS) is 15.4. The number of thiophene rings is 1. The Hall–Kier alpha value is 0.100. The highest BCUT2D eigenvalue weighted by molar-refractivity contribution is 9.10. The molecule has 0 spiro atoms. The van der Waals surface area contributed by atoms with E-state index in [4.69, 9.17) is 4.74 Å². The fourth-order valence-electron chi connectivity index (χ4n) is 1.39. The zero-order chi connectivity index (χ0) is 10.6.